The summed E-state index contributed by atoms with van der Waals surface area (Å²) < 4.78 is 43.2. The number of carbonyl (C=O) groups excluding carboxylic acids is 1. The van der Waals surface area contributed by atoms with Gasteiger partial charge in [-0.1, -0.05) is 12.1 Å². The van der Waals surface area contributed by atoms with E-state index in [-0.39, 0.29) is 28.8 Å². The number of pyridine rings is 1. The van der Waals surface area contributed by atoms with Crippen LogP contribution in [0, 0.1) is 5.82 Å². The smallest absolute Gasteiger partial charge is 0.264 e. The molecule has 0 amide bonds. The van der Waals surface area contributed by atoms with Crippen LogP contribution in [-0.2, 0) is 10.0 Å². The van der Waals surface area contributed by atoms with Crippen LogP contribution in [0.3, 0.4) is 0 Å². The zero-order valence-electron chi connectivity index (χ0n) is 17.2. The van der Waals surface area contributed by atoms with Gasteiger partial charge in [-0.3, -0.25) is 14.5 Å². The molecule has 0 fully saturated rings. The molecule has 0 saturated heterocycles. The molecule has 0 radical (unpaired) electrons. The average molecular weight is 454 g/mol. The number of sulfonamides is 1. The van der Waals surface area contributed by atoms with E-state index in [2.05, 4.69) is 19.7 Å². The number of carbonyl (C=O) groups is 1. The van der Waals surface area contributed by atoms with E-state index in [0.29, 0.717) is 11.0 Å². The monoisotopic (exact) mass is 454 g/mol. The second-order valence-electron chi connectivity index (χ2n) is 7.30. The van der Waals surface area contributed by atoms with E-state index in [1.54, 1.807) is 10.8 Å². The van der Waals surface area contributed by atoms with Crippen LogP contribution in [0.25, 0.3) is 11.0 Å². The summed E-state index contributed by atoms with van der Waals surface area (Å²) >= 11 is 0. The van der Waals surface area contributed by atoms with Crippen LogP contribution >= 0.6 is 0 Å². The van der Waals surface area contributed by atoms with Crippen LogP contribution in [0.2, 0.25) is 0 Å². The van der Waals surface area contributed by atoms with Gasteiger partial charge in [0.25, 0.3) is 10.0 Å². The second-order valence-corrected chi connectivity index (χ2v) is 8.95. The second kappa shape index (κ2) is 8.00. The topological polar surface area (TPSA) is 133 Å². The predicted molar refractivity (Wildman–Crippen MR) is 117 cm³/mol. The van der Waals surface area contributed by atoms with E-state index in [1.165, 1.54) is 36.8 Å². The lowest BCUT2D eigenvalue weighted by atomic mass is 10.1. The first kappa shape index (κ1) is 21.4. The highest BCUT2D eigenvalue weighted by molar-refractivity contribution is 7.92. The molecule has 4 aromatic rings. The highest BCUT2D eigenvalue weighted by atomic mass is 32.2. The van der Waals surface area contributed by atoms with Crippen molar-refractivity contribution in [1.29, 1.82) is 0 Å². The molecule has 0 saturated carbocycles. The fourth-order valence-electron chi connectivity index (χ4n) is 3.30. The average Bonchev–Trinajstić information content (AvgIpc) is 3.14. The van der Waals surface area contributed by atoms with Crippen molar-refractivity contribution in [3.8, 4) is 0 Å². The van der Waals surface area contributed by atoms with Crippen LogP contribution in [0.4, 0.5) is 15.9 Å². The van der Waals surface area contributed by atoms with E-state index < -0.39 is 26.5 Å². The van der Waals surface area contributed by atoms with Gasteiger partial charge in [0.2, 0.25) is 5.78 Å². The summed E-state index contributed by atoms with van der Waals surface area (Å²) in [5.74, 6) is -1.22. The quantitative estimate of drug-likeness (QED) is 0.428. The van der Waals surface area contributed by atoms with Crippen molar-refractivity contribution < 1.29 is 17.6 Å². The number of anilines is 2. The first-order valence-corrected chi connectivity index (χ1v) is 11.1. The zero-order valence-corrected chi connectivity index (χ0v) is 18.0. The predicted octanol–water partition coefficient (Wildman–Crippen LogP) is 3.16. The summed E-state index contributed by atoms with van der Waals surface area (Å²) in [6.07, 6.45) is 4.23. The lowest BCUT2D eigenvalue weighted by Crippen LogP contribution is -2.15. The van der Waals surface area contributed by atoms with Crippen LogP contribution < -0.4 is 10.5 Å². The molecule has 1 aromatic carbocycles. The summed E-state index contributed by atoms with van der Waals surface area (Å²) in [5, 5.41) is 0.394. The summed E-state index contributed by atoms with van der Waals surface area (Å²) in [7, 11) is -4.21. The Morgan fingerprint density at radius 1 is 1.16 bits per heavy atom. The number of nitrogens with zero attached hydrogens (tertiary/aromatic N) is 4. The van der Waals surface area contributed by atoms with Crippen LogP contribution in [0.15, 0.2) is 60.0 Å². The van der Waals surface area contributed by atoms with Crippen molar-refractivity contribution >= 4 is 38.3 Å². The molecule has 0 spiro atoms. The Kier molecular flexibility index (Phi) is 5.35. The van der Waals surface area contributed by atoms with Crippen molar-refractivity contribution in [2.45, 2.75) is 24.8 Å². The van der Waals surface area contributed by atoms with Crippen molar-refractivity contribution in [3.63, 3.8) is 0 Å². The Morgan fingerprint density at radius 3 is 2.62 bits per heavy atom. The minimum absolute atomic E-state index is 0.000206. The van der Waals surface area contributed by atoms with Gasteiger partial charge in [0.05, 0.1) is 16.6 Å². The van der Waals surface area contributed by atoms with Gasteiger partial charge >= 0.3 is 0 Å². The number of nitrogen functional groups attached to an aromatic ring is 1. The lowest BCUT2D eigenvalue weighted by Gasteiger charge is -2.09. The fourth-order valence-corrected chi connectivity index (χ4v) is 4.43. The molecule has 0 bridgehead atoms. The SMILES string of the molecule is CC(C)n1cc(C(=O)c2cc(NS(=O)(=O)c3ccccc3F)ccn2)c2c(N)ncnc21. The maximum atomic E-state index is 14.0. The summed E-state index contributed by atoms with van der Waals surface area (Å²) in [4.78, 5) is 25.1. The number of benzene rings is 1. The molecule has 0 aliphatic carbocycles. The number of hydrogen-bond donors (Lipinski definition) is 2. The fraction of sp³-hybridized carbons (Fsp3) is 0.143. The highest BCUT2D eigenvalue weighted by Crippen LogP contribution is 2.28. The lowest BCUT2D eigenvalue weighted by molar-refractivity contribution is 0.103. The molecule has 0 atom stereocenters. The normalized spacial score (nSPS) is 11.8. The number of nitrogens with two attached hydrogens (primary N) is 1. The third-order valence-corrected chi connectivity index (χ3v) is 6.23. The first-order chi connectivity index (χ1) is 15.2. The molecule has 3 N–H and O–H groups in total. The third-order valence-electron chi connectivity index (χ3n) is 4.81. The first-order valence-electron chi connectivity index (χ1n) is 9.58. The summed E-state index contributed by atoms with van der Waals surface area (Å²) in [6, 6.07) is 7.64. The van der Waals surface area contributed by atoms with Crippen LogP contribution in [0.1, 0.15) is 35.9 Å². The maximum absolute atomic E-state index is 14.0. The molecular formula is C21H19FN6O3S. The summed E-state index contributed by atoms with van der Waals surface area (Å²) in [6.45, 7) is 3.87. The van der Waals surface area contributed by atoms with Gasteiger partial charge in [0, 0.05) is 18.4 Å². The minimum atomic E-state index is -4.21. The van der Waals surface area contributed by atoms with Gasteiger partial charge in [-0.25, -0.2) is 22.8 Å². The van der Waals surface area contributed by atoms with Gasteiger partial charge < -0.3 is 10.3 Å². The van der Waals surface area contributed by atoms with Gasteiger partial charge in [0.1, 0.15) is 34.2 Å². The number of ketones is 1. The molecule has 4 rings (SSSR count). The Balaban J connectivity index is 1.74. The third kappa shape index (κ3) is 3.78. The number of fused-ring (bicyclic) bond motifs is 1. The molecule has 0 aliphatic rings. The standard InChI is InChI=1S/C21H19FN6O3S/c1-12(2)28-10-14(18-20(23)25-11-26-21(18)28)19(29)16-9-13(7-8-24-16)27-32(30,31)17-6-4-3-5-15(17)22/h3-12H,1-2H3,(H,24,27)(H2,23,25,26). The number of rotatable bonds is 6. The van der Waals surface area contributed by atoms with E-state index in [9.17, 15) is 17.6 Å². The molecule has 0 aliphatic heterocycles. The van der Waals surface area contributed by atoms with E-state index >= 15 is 0 Å². The van der Waals surface area contributed by atoms with Gasteiger partial charge in [-0.15, -0.1) is 0 Å². The van der Waals surface area contributed by atoms with Crippen LogP contribution in [0.5, 0.6) is 0 Å². The largest absolute Gasteiger partial charge is 0.383 e. The number of nitrogens with one attached hydrogen (secondary N) is 1. The minimum Gasteiger partial charge on any atom is -0.383 e. The van der Waals surface area contributed by atoms with Gasteiger partial charge in [-0.2, -0.15) is 0 Å². The van der Waals surface area contributed by atoms with Gasteiger partial charge in [-0.05, 0) is 38.1 Å². The molecule has 9 nitrogen and oxygen atoms in total. The molecule has 11 heteroatoms. The van der Waals surface area contributed by atoms with Crippen molar-refractivity contribution in [2.24, 2.45) is 0 Å². The molecule has 3 aromatic heterocycles. The van der Waals surface area contributed by atoms with Crippen molar-refractivity contribution in [2.75, 3.05) is 10.5 Å². The molecular weight excluding hydrogens is 435 g/mol. The summed E-state index contributed by atoms with van der Waals surface area (Å²) in [5.41, 5.74) is 6.80. The molecule has 32 heavy (non-hydrogen) atoms. The van der Waals surface area contributed by atoms with Crippen LogP contribution in [-0.4, -0.2) is 33.7 Å². The van der Waals surface area contributed by atoms with Gasteiger partial charge in [0.15, 0.2) is 0 Å². The van der Waals surface area contributed by atoms with Crippen molar-refractivity contribution in [1.82, 2.24) is 19.5 Å². The van der Waals surface area contributed by atoms with E-state index in [1.807, 2.05) is 13.8 Å². The number of halogens is 1. The van der Waals surface area contributed by atoms with Crippen molar-refractivity contribution in [3.05, 3.63) is 72.2 Å². The zero-order chi connectivity index (χ0) is 23.0. The molecule has 0 unspecified atom stereocenters. The number of aromatic nitrogens is 4. The number of hydrogen-bond acceptors (Lipinski definition) is 7. The van der Waals surface area contributed by atoms with E-state index in [4.69, 9.17) is 5.73 Å². The maximum Gasteiger partial charge on any atom is 0.264 e. The highest BCUT2D eigenvalue weighted by Gasteiger charge is 2.23. The Bertz CT molecular complexity index is 1450. The van der Waals surface area contributed by atoms with E-state index in [0.717, 1.165) is 12.1 Å². The molecule has 164 valence electrons. The Morgan fingerprint density at radius 2 is 1.91 bits per heavy atom. The Labute approximate surface area is 183 Å². The Hall–Kier alpha value is -3.86. The molecule has 3 heterocycles.